The van der Waals surface area contributed by atoms with Gasteiger partial charge in [0.05, 0.1) is 6.20 Å². The predicted molar refractivity (Wildman–Crippen MR) is 49.0 cm³/mol. The maximum absolute atomic E-state index is 5.76. The van der Waals surface area contributed by atoms with Gasteiger partial charge in [-0.3, -0.25) is 5.43 Å². The van der Waals surface area contributed by atoms with Gasteiger partial charge in [0.2, 0.25) is 5.29 Å². The van der Waals surface area contributed by atoms with E-state index >= 15 is 0 Å². The highest BCUT2D eigenvalue weighted by molar-refractivity contribution is 6.64. The number of amidine groups is 1. The number of rotatable bonds is 0. The summed E-state index contributed by atoms with van der Waals surface area (Å²) in [6.07, 6.45) is 3.17. The van der Waals surface area contributed by atoms with Gasteiger partial charge in [-0.2, -0.15) is 10.0 Å². The maximum Gasteiger partial charge on any atom is 0.268 e. The van der Waals surface area contributed by atoms with Crippen LogP contribution in [0.3, 0.4) is 0 Å². The number of hydrogen-bond donors (Lipinski definition) is 1. The molecule has 0 amide bonds. The lowest BCUT2D eigenvalue weighted by Crippen LogP contribution is -2.38. The van der Waals surface area contributed by atoms with Crippen LogP contribution in [0.5, 0.6) is 0 Å². The van der Waals surface area contributed by atoms with Gasteiger partial charge in [0.15, 0.2) is 5.82 Å². The van der Waals surface area contributed by atoms with Crippen molar-refractivity contribution in [1.29, 1.82) is 0 Å². The Hall–Kier alpha value is -1.96. The molecule has 0 aromatic heterocycles. The van der Waals surface area contributed by atoms with E-state index in [9.17, 15) is 0 Å². The van der Waals surface area contributed by atoms with E-state index in [-0.39, 0.29) is 5.29 Å². The van der Waals surface area contributed by atoms with Crippen molar-refractivity contribution in [3.63, 3.8) is 0 Å². The molecule has 0 radical (unpaired) electrons. The lowest BCUT2D eigenvalue weighted by molar-refractivity contribution is 0.420. The second-order valence-electron chi connectivity index (χ2n) is 2.51. The number of hydrazone groups is 1. The molecule has 0 saturated heterocycles. The topological polar surface area (TPSA) is 80.3 Å². The molecule has 0 aliphatic carbocycles. The molecule has 0 unspecified atom stereocenters. The zero-order valence-corrected chi connectivity index (χ0v) is 7.42. The van der Waals surface area contributed by atoms with Crippen LogP contribution in [-0.4, -0.2) is 27.6 Å². The second kappa shape index (κ2) is 2.51. The largest absolute Gasteiger partial charge is 0.281 e. The maximum atomic E-state index is 5.76. The van der Waals surface area contributed by atoms with Crippen LogP contribution in [0, 0.1) is 0 Å². The quantitative estimate of drug-likeness (QED) is 0.580. The molecule has 0 aromatic rings. The number of nitrogens with one attached hydrogen (secondary N) is 1. The molecule has 14 heavy (non-hydrogen) atoms. The zero-order chi connectivity index (χ0) is 9.54. The van der Waals surface area contributed by atoms with Gasteiger partial charge in [-0.1, -0.05) is 5.10 Å². The van der Waals surface area contributed by atoms with Crippen molar-refractivity contribution in [2.24, 2.45) is 25.5 Å². The Morgan fingerprint density at radius 3 is 3.29 bits per heavy atom. The number of hydrazine groups is 1. The number of aliphatic imine (C=N–C) groups is 1. The molecular weight excluding hydrogens is 208 g/mol. The fourth-order valence-corrected chi connectivity index (χ4v) is 1.26. The van der Waals surface area contributed by atoms with Crippen LogP contribution in [-0.2, 0) is 0 Å². The van der Waals surface area contributed by atoms with Crippen LogP contribution < -0.4 is 5.43 Å². The third kappa shape index (κ3) is 0.909. The summed E-state index contributed by atoms with van der Waals surface area (Å²) < 4.78 is 0. The average molecular weight is 211 g/mol. The van der Waals surface area contributed by atoms with Gasteiger partial charge < -0.3 is 0 Å². The minimum atomic E-state index is 0.139. The van der Waals surface area contributed by atoms with Gasteiger partial charge in [0.25, 0.3) is 5.96 Å². The molecule has 8 nitrogen and oxygen atoms in total. The number of guanidine groups is 1. The van der Waals surface area contributed by atoms with Crippen molar-refractivity contribution in [3.8, 4) is 0 Å². The molecule has 1 N–H and O–H groups in total. The third-order valence-electron chi connectivity index (χ3n) is 1.69. The first-order chi connectivity index (χ1) is 6.84. The van der Waals surface area contributed by atoms with Gasteiger partial charge in [0.1, 0.15) is 6.34 Å². The Bertz CT molecular complexity index is 431. The molecule has 3 aliphatic heterocycles. The van der Waals surface area contributed by atoms with Gasteiger partial charge in [0, 0.05) is 0 Å². The lowest BCUT2D eigenvalue weighted by atomic mass is 10.6. The summed E-state index contributed by atoms with van der Waals surface area (Å²) in [6.45, 7) is 0. The SMILES string of the molecule is ClC1=NN=NC2=CN3NC=NC3=NN21. The summed E-state index contributed by atoms with van der Waals surface area (Å²) >= 11 is 5.76. The fraction of sp³-hybridized carbons (Fsp3) is 0. The highest BCUT2D eigenvalue weighted by atomic mass is 35.5. The molecule has 9 heteroatoms. The van der Waals surface area contributed by atoms with E-state index in [1.165, 1.54) is 11.3 Å². The highest BCUT2D eigenvalue weighted by Gasteiger charge is 2.27. The first kappa shape index (κ1) is 7.44. The zero-order valence-electron chi connectivity index (χ0n) is 6.66. The van der Waals surface area contributed by atoms with Gasteiger partial charge in [-0.25, -0.2) is 5.01 Å². The van der Waals surface area contributed by atoms with Crippen LogP contribution in [0.25, 0.3) is 0 Å². The molecule has 0 aromatic carbocycles. The summed E-state index contributed by atoms with van der Waals surface area (Å²) in [5.41, 5.74) is 2.83. The number of hydrogen-bond acceptors (Lipinski definition) is 8. The summed E-state index contributed by atoms with van der Waals surface area (Å²) in [7, 11) is 0. The van der Waals surface area contributed by atoms with E-state index in [1.807, 2.05) is 0 Å². The van der Waals surface area contributed by atoms with Crippen LogP contribution in [0.1, 0.15) is 0 Å². The van der Waals surface area contributed by atoms with Crippen LogP contribution in [0.4, 0.5) is 0 Å². The molecule has 70 valence electrons. The first-order valence-electron chi connectivity index (χ1n) is 3.67. The smallest absolute Gasteiger partial charge is 0.268 e. The normalized spacial score (nSPS) is 22.2. The van der Waals surface area contributed by atoms with Crippen molar-refractivity contribution < 1.29 is 0 Å². The van der Waals surface area contributed by atoms with Crippen molar-refractivity contribution in [2.45, 2.75) is 0 Å². The molecule has 3 aliphatic rings. The number of fused-ring (bicyclic) bond motifs is 2. The molecule has 0 saturated carbocycles. The Balaban J connectivity index is 2.06. The Kier molecular flexibility index (Phi) is 1.34. The Morgan fingerprint density at radius 2 is 2.36 bits per heavy atom. The second-order valence-corrected chi connectivity index (χ2v) is 2.85. The molecule has 3 rings (SSSR count). The minimum Gasteiger partial charge on any atom is -0.281 e. The van der Waals surface area contributed by atoms with E-state index in [2.05, 4.69) is 31.0 Å². The summed E-state index contributed by atoms with van der Waals surface area (Å²) in [6, 6.07) is 0. The van der Waals surface area contributed by atoms with Gasteiger partial charge in [-0.05, 0) is 16.8 Å². The van der Waals surface area contributed by atoms with Crippen LogP contribution in [0.2, 0.25) is 0 Å². The molecule has 0 atom stereocenters. The Morgan fingerprint density at radius 1 is 1.43 bits per heavy atom. The molecule has 0 spiro atoms. The van der Waals surface area contributed by atoms with Gasteiger partial charge in [-0.15, -0.1) is 10.2 Å². The monoisotopic (exact) mass is 210 g/mol. The van der Waals surface area contributed by atoms with Crippen LogP contribution in [0.15, 0.2) is 37.6 Å². The van der Waals surface area contributed by atoms with Crippen molar-refractivity contribution in [1.82, 2.24) is 15.4 Å². The Labute approximate surface area is 82.9 Å². The van der Waals surface area contributed by atoms with E-state index in [0.29, 0.717) is 11.8 Å². The lowest BCUT2D eigenvalue weighted by Gasteiger charge is -2.25. The molecule has 0 fully saturated rings. The summed E-state index contributed by atoms with van der Waals surface area (Å²) in [4.78, 5) is 3.95. The number of nitrogens with zero attached hydrogens (tertiary/aromatic N) is 7. The van der Waals surface area contributed by atoms with Gasteiger partial charge >= 0.3 is 0 Å². The molecule has 0 bridgehead atoms. The highest BCUT2D eigenvalue weighted by Crippen LogP contribution is 2.21. The summed E-state index contributed by atoms with van der Waals surface area (Å²) in [5, 5.41) is 17.9. The third-order valence-corrected chi connectivity index (χ3v) is 1.93. The first-order valence-corrected chi connectivity index (χ1v) is 4.05. The fourth-order valence-electron chi connectivity index (χ4n) is 1.10. The minimum absolute atomic E-state index is 0.139. The predicted octanol–water partition coefficient (Wildman–Crippen LogP) is 0.196. The number of halogens is 1. The van der Waals surface area contributed by atoms with E-state index in [4.69, 9.17) is 11.6 Å². The van der Waals surface area contributed by atoms with E-state index in [1.54, 1.807) is 11.2 Å². The van der Waals surface area contributed by atoms with Crippen molar-refractivity contribution in [2.75, 3.05) is 0 Å². The van der Waals surface area contributed by atoms with Crippen LogP contribution >= 0.6 is 11.6 Å². The molecular formula is C5H3ClN8. The standard InChI is InChI=1S/C5H3ClN8/c6-4-10-12-9-3-1-13-5(7-2-8-13)11-14(3)4/h1-2H,(H,7,8,11). The van der Waals surface area contributed by atoms with Crippen molar-refractivity contribution in [3.05, 3.63) is 12.0 Å². The average Bonchev–Trinajstić information content (AvgIpc) is 2.62. The van der Waals surface area contributed by atoms with Crippen molar-refractivity contribution >= 4 is 29.2 Å². The molecule has 3 heterocycles. The summed E-state index contributed by atoms with van der Waals surface area (Å²) in [5.74, 6) is 0.950. The van der Waals surface area contributed by atoms with E-state index < -0.39 is 0 Å². The van der Waals surface area contributed by atoms with E-state index in [0.717, 1.165) is 0 Å².